The van der Waals surface area contributed by atoms with Crippen LogP contribution in [0.2, 0.25) is 0 Å². The van der Waals surface area contributed by atoms with E-state index in [0.29, 0.717) is 0 Å². The maximum Gasteiger partial charge on any atom is 0.119 e. The predicted octanol–water partition coefficient (Wildman–Crippen LogP) is 3.92. The van der Waals surface area contributed by atoms with Gasteiger partial charge in [0.25, 0.3) is 0 Å². The Hall–Kier alpha value is -0.530. The maximum absolute atomic E-state index is 2.39. The third-order valence-electron chi connectivity index (χ3n) is 6.06. The second-order valence-corrected chi connectivity index (χ2v) is 8.52. The van der Waals surface area contributed by atoms with Gasteiger partial charge in [0.05, 0.1) is 20.6 Å². The highest BCUT2D eigenvalue weighted by atomic mass is 35.5. The van der Waals surface area contributed by atoms with Crippen molar-refractivity contribution in [1.82, 2.24) is 0 Å². The number of rotatable bonds is 13. The van der Waals surface area contributed by atoms with Crippen LogP contribution >= 0.6 is 0 Å². The van der Waals surface area contributed by atoms with Gasteiger partial charge in [0.1, 0.15) is 5.54 Å². The Morgan fingerprint density at radius 3 is 1.64 bits per heavy atom. The molecule has 0 saturated carbocycles. The molecule has 0 bridgehead atoms. The number of quaternary nitrogens is 1. The molecule has 1 aromatic carbocycles. The summed E-state index contributed by atoms with van der Waals surface area (Å²) >= 11 is 0. The molecule has 0 saturated heterocycles. The van der Waals surface area contributed by atoms with E-state index >= 15 is 0 Å². The minimum absolute atomic E-state index is 0. The highest BCUT2D eigenvalue weighted by molar-refractivity contribution is 5.20. The minimum Gasteiger partial charge on any atom is -1.00 e. The summed E-state index contributed by atoms with van der Waals surface area (Å²) < 4.78 is 1.06. The first-order valence-electron chi connectivity index (χ1n) is 10.3. The van der Waals surface area contributed by atoms with Crippen LogP contribution in [0.25, 0.3) is 0 Å². The van der Waals surface area contributed by atoms with Crippen molar-refractivity contribution in [3.63, 3.8) is 0 Å². The van der Waals surface area contributed by atoms with Gasteiger partial charge in [-0.2, -0.15) is 0 Å². The van der Waals surface area contributed by atoms with Crippen LogP contribution in [0, 0.1) is 0 Å². The van der Waals surface area contributed by atoms with E-state index in [1.54, 1.807) is 0 Å². The van der Waals surface area contributed by atoms with E-state index < -0.39 is 0 Å². The van der Waals surface area contributed by atoms with Crippen LogP contribution in [0.5, 0.6) is 0 Å². The molecule has 1 nitrogen and oxygen atoms in total. The number of halogens is 1. The molecule has 0 heterocycles. The standard InChI is InChI=1S/C23H42N.ClH/c1-6-7-8-9-10-11-12-13-14-18-21-24(4,5)23(2,3)22-19-16-15-17-20-22;/h15-17,19-20H,6-14,18,21H2,1-5H3;1H/q+1;/p-1. The zero-order valence-corrected chi connectivity index (χ0v) is 18.2. The maximum atomic E-state index is 2.39. The average molecular weight is 368 g/mol. The summed E-state index contributed by atoms with van der Waals surface area (Å²) in [4.78, 5) is 0. The zero-order valence-electron chi connectivity index (χ0n) is 17.5. The molecular weight excluding hydrogens is 326 g/mol. The molecule has 25 heavy (non-hydrogen) atoms. The first-order chi connectivity index (χ1) is 11.4. The Bertz CT molecular complexity index is 425. The van der Waals surface area contributed by atoms with Crippen molar-refractivity contribution < 1.29 is 16.9 Å². The fourth-order valence-corrected chi connectivity index (χ4v) is 3.47. The molecule has 0 fully saturated rings. The number of unbranched alkanes of at least 4 members (excludes halogenated alkanes) is 9. The number of benzene rings is 1. The van der Waals surface area contributed by atoms with Gasteiger partial charge in [0, 0.05) is 5.56 Å². The van der Waals surface area contributed by atoms with E-state index in [4.69, 9.17) is 0 Å². The van der Waals surface area contributed by atoms with E-state index in [2.05, 4.69) is 65.2 Å². The van der Waals surface area contributed by atoms with Crippen molar-refractivity contribution >= 4 is 0 Å². The van der Waals surface area contributed by atoms with Gasteiger partial charge < -0.3 is 16.9 Å². The molecule has 0 aliphatic heterocycles. The van der Waals surface area contributed by atoms with E-state index in [1.165, 1.54) is 76.3 Å². The smallest absolute Gasteiger partial charge is 0.119 e. The Balaban J connectivity index is 0.00000576. The topological polar surface area (TPSA) is 0 Å². The SMILES string of the molecule is CCCCCCCCCCCC[N+](C)(C)C(C)(C)c1ccccc1.[Cl-]. The lowest BCUT2D eigenvalue weighted by Crippen LogP contribution is -3.00. The van der Waals surface area contributed by atoms with Gasteiger partial charge >= 0.3 is 0 Å². The molecule has 1 aromatic rings. The fourth-order valence-electron chi connectivity index (χ4n) is 3.47. The predicted molar refractivity (Wildman–Crippen MR) is 108 cm³/mol. The first-order valence-corrected chi connectivity index (χ1v) is 10.3. The molecule has 0 aromatic heterocycles. The van der Waals surface area contributed by atoms with Gasteiger partial charge in [0.15, 0.2) is 0 Å². The number of nitrogens with zero attached hydrogens (tertiary/aromatic N) is 1. The van der Waals surface area contributed by atoms with Crippen molar-refractivity contribution in [2.75, 3.05) is 20.6 Å². The highest BCUT2D eigenvalue weighted by Gasteiger charge is 2.37. The normalized spacial score (nSPS) is 12.0. The molecule has 146 valence electrons. The van der Waals surface area contributed by atoms with E-state index in [-0.39, 0.29) is 17.9 Å². The van der Waals surface area contributed by atoms with Crippen molar-refractivity contribution in [2.45, 2.75) is 90.5 Å². The Labute approximate surface area is 164 Å². The van der Waals surface area contributed by atoms with Gasteiger partial charge in [-0.3, -0.25) is 0 Å². The quantitative estimate of drug-likeness (QED) is 0.366. The molecule has 1 rings (SSSR count). The highest BCUT2D eigenvalue weighted by Crippen LogP contribution is 2.32. The summed E-state index contributed by atoms with van der Waals surface area (Å²) in [7, 11) is 4.78. The number of hydrogen-bond acceptors (Lipinski definition) is 0. The Morgan fingerprint density at radius 2 is 1.16 bits per heavy atom. The van der Waals surface area contributed by atoms with E-state index in [9.17, 15) is 0 Å². The molecule has 0 unspecified atom stereocenters. The summed E-state index contributed by atoms with van der Waals surface area (Å²) in [5.41, 5.74) is 1.61. The third-order valence-corrected chi connectivity index (χ3v) is 6.06. The first kappa shape index (κ1) is 24.5. The van der Waals surface area contributed by atoms with Crippen LogP contribution in [0.3, 0.4) is 0 Å². The second kappa shape index (κ2) is 12.8. The molecular formula is C23H42ClN. The lowest BCUT2D eigenvalue weighted by atomic mass is 9.90. The van der Waals surface area contributed by atoms with Crippen LogP contribution in [0.1, 0.15) is 90.5 Å². The second-order valence-electron chi connectivity index (χ2n) is 8.52. The molecule has 0 spiro atoms. The van der Waals surface area contributed by atoms with Crippen molar-refractivity contribution in [3.05, 3.63) is 35.9 Å². The molecule has 0 amide bonds. The van der Waals surface area contributed by atoms with Crippen LogP contribution in [-0.2, 0) is 5.54 Å². The summed E-state index contributed by atoms with van der Waals surface area (Å²) in [5.74, 6) is 0. The monoisotopic (exact) mass is 367 g/mol. The molecule has 2 heteroatoms. The van der Waals surface area contributed by atoms with Gasteiger partial charge in [0.2, 0.25) is 0 Å². The Kier molecular flexibility index (Phi) is 12.5. The van der Waals surface area contributed by atoms with Crippen molar-refractivity contribution in [1.29, 1.82) is 0 Å². The Morgan fingerprint density at radius 1 is 0.720 bits per heavy atom. The van der Waals surface area contributed by atoms with E-state index in [0.717, 1.165) is 4.48 Å². The molecule has 0 radical (unpaired) electrons. The molecule has 0 atom stereocenters. The van der Waals surface area contributed by atoms with Gasteiger partial charge in [-0.05, 0) is 26.7 Å². The van der Waals surface area contributed by atoms with Crippen LogP contribution in [0.4, 0.5) is 0 Å². The van der Waals surface area contributed by atoms with E-state index in [1.807, 2.05) is 0 Å². The summed E-state index contributed by atoms with van der Waals surface area (Å²) in [5, 5.41) is 0. The van der Waals surface area contributed by atoms with Crippen molar-refractivity contribution in [3.8, 4) is 0 Å². The molecule has 0 aliphatic rings. The van der Waals surface area contributed by atoms with Crippen molar-refractivity contribution in [2.24, 2.45) is 0 Å². The third kappa shape index (κ3) is 8.60. The van der Waals surface area contributed by atoms with Crippen LogP contribution < -0.4 is 12.4 Å². The largest absolute Gasteiger partial charge is 1.00 e. The summed E-state index contributed by atoms with van der Waals surface area (Å²) in [6.45, 7) is 8.33. The molecule has 0 N–H and O–H groups in total. The average Bonchev–Trinajstić information content (AvgIpc) is 2.57. The lowest BCUT2D eigenvalue weighted by Gasteiger charge is -2.45. The molecule has 0 aliphatic carbocycles. The van der Waals surface area contributed by atoms with Crippen LogP contribution in [0.15, 0.2) is 30.3 Å². The lowest BCUT2D eigenvalue weighted by molar-refractivity contribution is -0.945. The zero-order chi connectivity index (χ0) is 17.9. The van der Waals surface area contributed by atoms with Gasteiger partial charge in [-0.25, -0.2) is 0 Å². The van der Waals surface area contributed by atoms with Gasteiger partial charge in [-0.1, -0.05) is 88.6 Å². The minimum atomic E-state index is 0. The summed E-state index contributed by atoms with van der Waals surface area (Å²) in [6, 6.07) is 11.0. The fraction of sp³-hybridized carbons (Fsp3) is 0.739. The summed E-state index contributed by atoms with van der Waals surface area (Å²) in [6.07, 6.45) is 14.1. The van der Waals surface area contributed by atoms with Gasteiger partial charge in [-0.15, -0.1) is 0 Å². The van der Waals surface area contributed by atoms with Crippen LogP contribution in [-0.4, -0.2) is 25.1 Å². The number of hydrogen-bond donors (Lipinski definition) is 0.